The molecule has 3 aromatic rings. The van der Waals surface area contributed by atoms with Crippen molar-refractivity contribution >= 4 is 52.1 Å². The van der Waals surface area contributed by atoms with Gasteiger partial charge in [-0.25, -0.2) is 14.6 Å². The average Bonchev–Trinajstić information content (AvgIpc) is 3.18. The first-order chi connectivity index (χ1) is 28.7. The summed E-state index contributed by atoms with van der Waals surface area (Å²) < 4.78 is 15.9. The number of hydrogen-bond donors (Lipinski definition) is 4. The maximum Gasteiger partial charge on any atom is 0.416 e. The molecule has 330 valence electrons. The Kier molecular flexibility index (Phi) is 18.5. The van der Waals surface area contributed by atoms with Crippen LogP contribution in [0.15, 0.2) is 85.1 Å². The monoisotopic (exact) mass is 841 g/mol. The molecule has 0 bridgehead atoms. The van der Waals surface area contributed by atoms with E-state index in [1.807, 2.05) is 62.4 Å². The molecule has 1 aromatic heterocycles. The van der Waals surface area contributed by atoms with Crippen molar-refractivity contribution < 1.29 is 43.3 Å². The number of aromatic nitrogens is 1. The first-order valence-corrected chi connectivity index (χ1v) is 20.5. The molecule has 61 heavy (non-hydrogen) atoms. The SMILES string of the molecule is C=C(/C=C\C(=C/C)c1ccc(O)c2ccccc12)[C@H](CC(=O)OC)NC(=O)[C@H](CCCCNC(=O)OC(C)(C)C)NC(=O)CCCN(C(=O)OC(C)(C)C)c1cc(C)ccn1. The molecule has 14 heteroatoms. The van der Waals surface area contributed by atoms with Crippen LogP contribution < -0.4 is 20.9 Å². The molecule has 0 unspecified atom stereocenters. The highest BCUT2D eigenvalue weighted by atomic mass is 16.6. The van der Waals surface area contributed by atoms with Crippen LogP contribution in [0.2, 0.25) is 0 Å². The molecule has 0 fully saturated rings. The lowest BCUT2D eigenvalue weighted by Gasteiger charge is -2.27. The van der Waals surface area contributed by atoms with E-state index < -0.39 is 53.3 Å². The summed E-state index contributed by atoms with van der Waals surface area (Å²) >= 11 is 0. The highest BCUT2D eigenvalue weighted by molar-refractivity contribution is 5.99. The number of carbonyl (C=O) groups excluding carboxylic acids is 5. The number of unbranched alkanes of at least 4 members (excludes halogenated alkanes) is 1. The summed E-state index contributed by atoms with van der Waals surface area (Å²) in [5, 5.41) is 20.4. The minimum atomic E-state index is -1.03. The van der Waals surface area contributed by atoms with Gasteiger partial charge in [0.15, 0.2) is 0 Å². The van der Waals surface area contributed by atoms with Gasteiger partial charge in [0.25, 0.3) is 0 Å². The first-order valence-electron chi connectivity index (χ1n) is 20.5. The van der Waals surface area contributed by atoms with Crippen molar-refractivity contribution in [2.45, 2.75) is 117 Å². The zero-order valence-corrected chi connectivity index (χ0v) is 37.1. The van der Waals surface area contributed by atoms with Crippen LogP contribution in [0.5, 0.6) is 5.75 Å². The van der Waals surface area contributed by atoms with Crippen molar-refractivity contribution in [3.8, 4) is 5.75 Å². The van der Waals surface area contributed by atoms with E-state index in [0.29, 0.717) is 29.6 Å². The number of amides is 4. The second-order valence-corrected chi connectivity index (χ2v) is 16.6. The number of benzene rings is 2. The van der Waals surface area contributed by atoms with Crippen LogP contribution >= 0.6 is 0 Å². The minimum Gasteiger partial charge on any atom is -0.507 e. The lowest BCUT2D eigenvalue weighted by Crippen LogP contribution is -2.50. The molecule has 0 spiro atoms. The van der Waals surface area contributed by atoms with Crippen molar-refractivity contribution in [1.29, 1.82) is 0 Å². The summed E-state index contributed by atoms with van der Waals surface area (Å²) in [6.07, 6.45) is 6.95. The zero-order valence-electron chi connectivity index (χ0n) is 37.1. The minimum absolute atomic E-state index is 0.0335. The second kappa shape index (κ2) is 23.0. The Morgan fingerprint density at radius 3 is 2.21 bits per heavy atom. The predicted molar refractivity (Wildman–Crippen MR) is 238 cm³/mol. The third-order valence-corrected chi connectivity index (χ3v) is 9.18. The number of esters is 1. The van der Waals surface area contributed by atoms with E-state index in [1.165, 1.54) is 12.0 Å². The number of pyridine rings is 1. The number of fused-ring (bicyclic) bond motifs is 1. The topological polar surface area (TPSA) is 185 Å². The van der Waals surface area contributed by atoms with Gasteiger partial charge in [-0.3, -0.25) is 19.3 Å². The fraction of sp³-hybridized carbons (Fsp3) is 0.447. The van der Waals surface area contributed by atoms with Crippen LogP contribution in [-0.4, -0.2) is 83.5 Å². The number of aromatic hydroxyl groups is 1. The molecule has 1 heterocycles. The molecular weight excluding hydrogens is 779 g/mol. The van der Waals surface area contributed by atoms with Gasteiger partial charge in [0.05, 0.1) is 19.6 Å². The molecule has 0 saturated carbocycles. The van der Waals surface area contributed by atoms with Crippen molar-refractivity contribution in [3.05, 3.63) is 96.2 Å². The Balaban J connectivity index is 1.80. The Morgan fingerprint density at radius 1 is 0.885 bits per heavy atom. The van der Waals surface area contributed by atoms with E-state index in [-0.39, 0.29) is 44.5 Å². The maximum absolute atomic E-state index is 14.1. The molecule has 3 rings (SSSR count). The lowest BCUT2D eigenvalue weighted by molar-refractivity contribution is -0.141. The van der Waals surface area contributed by atoms with E-state index in [4.69, 9.17) is 14.2 Å². The number of rotatable bonds is 19. The standard InChI is InChI=1S/C47H63N5O9/c1-11-33(34-23-24-39(53)36-18-13-12-17-35(34)36)22-21-32(3)38(30-42(55)59-10)51-43(56)37(19-14-15-26-49-44(57)60-46(4,5)6)50-41(54)20-16-28-52(45(58)61-47(7,8)9)40-29-31(2)25-27-48-40/h11-13,17-18,21-25,27,29,37-38,53H,3,14-16,19-20,26,28,30H2,1-2,4-10H3,(H,49,57)(H,50,54)(H,51,56)/b22-21-,33-11+/t37-,38-/m0/s1. The van der Waals surface area contributed by atoms with E-state index in [2.05, 4.69) is 27.5 Å². The number of nitrogens with zero attached hydrogens (tertiary/aromatic N) is 2. The molecule has 0 aliphatic rings. The van der Waals surface area contributed by atoms with Crippen molar-refractivity contribution in [3.63, 3.8) is 0 Å². The van der Waals surface area contributed by atoms with Gasteiger partial charge < -0.3 is 35.3 Å². The molecule has 0 saturated heterocycles. The van der Waals surface area contributed by atoms with E-state index >= 15 is 0 Å². The number of anilines is 1. The van der Waals surface area contributed by atoms with Crippen LogP contribution in [0.3, 0.4) is 0 Å². The first kappa shape index (κ1) is 49.2. The molecule has 0 aliphatic heterocycles. The van der Waals surface area contributed by atoms with Gasteiger partial charge in [-0.1, -0.05) is 55.1 Å². The predicted octanol–water partition coefficient (Wildman–Crippen LogP) is 8.21. The van der Waals surface area contributed by atoms with Crippen molar-refractivity contribution in [1.82, 2.24) is 20.9 Å². The van der Waals surface area contributed by atoms with E-state index in [1.54, 1.807) is 65.9 Å². The Bertz CT molecular complexity index is 2080. The van der Waals surface area contributed by atoms with Crippen molar-refractivity contribution in [2.75, 3.05) is 25.1 Å². The van der Waals surface area contributed by atoms with Gasteiger partial charge in [0, 0.05) is 31.1 Å². The number of methoxy groups -OCH3 is 1. The van der Waals surface area contributed by atoms with E-state index in [0.717, 1.165) is 22.1 Å². The van der Waals surface area contributed by atoms with Crippen LogP contribution in [-0.2, 0) is 28.6 Å². The Hall–Kier alpha value is -6.18. The van der Waals surface area contributed by atoms with Crippen LogP contribution in [0, 0.1) is 6.92 Å². The van der Waals surface area contributed by atoms with Gasteiger partial charge >= 0.3 is 18.2 Å². The fourth-order valence-corrected chi connectivity index (χ4v) is 6.18. The summed E-state index contributed by atoms with van der Waals surface area (Å²) in [6, 6.07) is 12.6. The zero-order chi connectivity index (χ0) is 45.3. The number of aryl methyl sites for hydroxylation is 1. The number of carbonyl (C=O) groups is 5. The number of allylic oxidation sites excluding steroid dienone is 3. The fourth-order valence-electron chi connectivity index (χ4n) is 6.18. The molecule has 4 N–H and O–H groups in total. The Labute approximate surface area is 359 Å². The van der Waals surface area contributed by atoms with Crippen molar-refractivity contribution in [2.24, 2.45) is 0 Å². The summed E-state index contributed by atoms with van der Waals surface area (Å²) in [6.45, 7) is 18.9. The average molecular weight is 842 g/mol. The van der Waals surface area contributed by atoms with Crippen LogP contribution in [0.1, 0.15) is 98.1 Å². The van der Waals surface area contributed by atoms with Gasteiger partial charge in [0.2, 0.25) is 11.8 Å². The maximum atomic E-state index is 14.1. The van der Waals surface area contributed by atoms with Crippen LogP contribution in [0.25, 0.3) is 16.3 Å². The molecule has 2 atom stereocenters. The molecular formula is C47H63N5O9. The highest BCUT2D eigenvalue weighted by Crippen LogP contribution is 2.32. The lowest BCUT2D eigenvalue weighted by atomic mass is 9.95. The smallest absolute Gasteiger partial charge is 0.416 e. The van der Waals surface area contributed by atoms with Gasteiger partial charge in [-0.05, 0) is 127 Å². The van der Waals surface area contributed by atoms with E-state index in [9.17, 15) is 29.1 Å². The normalized spacial score (nSPS) is 12.9. The highest BCUT2D eigenvalue weighted by Gasteiger charge is 2.28. The largest absolute Gasteiger partial charge is 0.507 e. The van der Waals surface area contributed by atoms with Crippen LogP contribution in [0.4, 0.5) is 15.4 Å². The van der Waals surface area contributed by atoms with Gasteiger partial charge in [0.1, 0.15) is 28.8 Å². The third-order valence-electron chi connectivity index (χ3n) is 9.18. The molecule has 14 nitrogen and oxygen atoms in total. The summed E-state index contributed by atoms with van der Waals surface area (Å²) in [5.41, 5.74) is 1.55. The molecule has 2 aromatic carbocycles. The number of phenolic OH excluding ortho intramolecular Hbond substituents is 1. The number of nitrogens with one attached hydrogen (secondary N) is 3. The summed E-state index contributed by atoms with van der Waals surface area (Å²) in [4.78, 5) is 71.3. The molecule has 0 radical (unpaired) electrons. The number of ether oxygens (including phenoxy) is 3. The third kappa shape index (κ3) is 16.8. The molecule has 4 amide bonds. The number of alkyl carbamates (subject to hydrolysis) is 1. The summed E-state index contributed by atoms with van der Waals surface area (Å²) in [5.74, 6) is -1.02. The quantitative estimate of drug-likeness (QED) is 0.0397. The Morgan fingerprint density at radius 2 is 1.57 bits per heavy atom. The van der Waals surface area contributed by atoms with Gasteiger partial charge in [-0.2, -0.15) is 0 Å². The second-order valence-electron chi connectivity index (χ2n) is 16.6. The number of hydrogen-bond acceptors (Lipinski definition) is 10. The number of phenols is 1. The molecule has 0 aliphatic carbocycles. The summed E-state index contributed by atoms with van der Waals surface area (Å²) in [7, 11) is 1.25. The van der Waals surface area contributed by atoms with Gasteiger partial charge in [-0.15, -0.1) is 0 Å².